The summed E-state index contributed by atoms with van der Waals surface area (Å²) in [5.41, 5.74) is 2.70. The van der Waals surface area contributed by atoms with Gasteiger partial charge in [-0.1, -0.05) is 32.0 Å². The topological polar surface area (TPSA) is 26.2 Å². The summed E-state index contributed by atoms with van der Waals surface area (Å²) in [6.07, 6.45) is 5.44. The Hall–Kier alpha value is -1.32. The van der Waals surface area contributed by atoms with Crippen molar-refractivity contribution >= 4 is 10.9 Å². The van der Waals surface area contributed by atoms with Crippen molar-refractivity contribution < 1.29 is 4.74 Å². The quantitative estimate of drug-likeness (QED) is 0.907. The van der Waals surface area contributed by atoms with Crippen LogP contribution in [0.5, 0.6) is 0 Å². The second-order valence-electron chi connectivity index (χ2n) is 6.51. The summed E-state index contributed by atoms with van der Waals surface area (Å²) >= 11 is 0. The van der Waals surface area contributed by atoms with E-state index >= 15 is 0 Å². The van der Waals surface area contributed by atoms with Crippen LogP contribution in [0.15, 0.2) is 30.5 Å². The highest BCUT2D eigenvalue weighted by Crippen LogP contribution is 2.25. The molecule has 1 N–H and O–H groups in total. The van der Waals surface area contributed by atoms with Crippen LogP contribution in [-0.4, -0.2) is 22.8 Å². The molecule has 21 heavy (non-hydrogen) atoms. The van der Waals surface area contributed by atoms with Gasteiger partial charge in [-0.2, -0.15) is 0 Å². The predicted molar refractivity (Wildman–Crippen MR) is 87.5 cm³/mol. The molecule has 0 radical (unpaired) electrons. The maximum atomic E-state index is 5.99. The Labute approximate surface area is 127 Å². The summed E-state index contributed by atoms with van der Waals surface area (Å²) in [6, 6.07) is 9.19. The SMILES string of the molecule is CC(C)NCc1cn(CC2CCC(C)O2)c2ccccc12. The number of ether oxygens (including phenoxy) is 1. The molecule has 2 unspecified atom stereocenters. The number of benzene rings is 1. The number of nitrogens with one attached hydrogen (secondary N) is 1. The van der Waals surface area contributed by atoms with Crippen LogP contribution in [0.3, 0.4) is 0 Å². The zero-order valence-corrected chi connectivity index (χ0v) is 13.3. The van der Waals surface area contributed by atoms with Gasteiger partial charge in [0, 0.05) is 36.2 Å². The van der Waals surface area contributed by atoms with E-state index in [1.807, 2.05) is 0 Å². The molecule has 1 aromatic heterocycles. The van der Waals surface area contributed by atoms with Crippen molar-refractivity contribution in [2.24, 2.45) is 0 Å². The first-order valence-corrected chi connectivity index (χ1v) is 8.09. The summed E-state index contributed by atoms with van der Waals surface area (Å²) in [7, 11) is 0. The molecule has 3 nitrogen and oxygen atoms in total. The highest BCUT2D eigenvalue weighted by Gasteiger charge is 2.22. The lowest BCUT2D eigenvalue weighted by atomic mass is 10.1. The molecule has 1 aromatic carbocycles. The lowest BCUT2D eigenvalue weighted by Gasteiger charge is -2.13. The highest BCUT2D eigenvalue weighted by molar-refractivity contribution is 5.83. The molecule has 3 rings (SSSR count). The van der Waals surface area contributed by atoms with E-state index in [1.54, 1.807) is 0 Å². The average molecular weight is 286 g/mol. The minimum Gasteiger partial charge on any atom is -0.373 e. The third-order valence-corrected chi connectivity index (χ3v) is 4.29. The molecule has 3 heteroatoms. The van der Waals surface area contributed by atoms with Gasteiger partial charge in [0.05, 0.1) is 12.2 Å². The first-order chi connectivity index (χ1) is 10.1. The number of para-hydroxylation sites is 1. The number of fused-ring (bicyclic) bond motifs is 1. The van der Waals surface area contributed by atoms with E-state index in [4.69, 9.17) is 4.74 Å². The predicted octanol–water partition coefficient (Wildman–Crippen LogP) is 3.71. The Balaban J connectivity index is 1.84. The van der Waals surface area contributed by atoms with E-state index < -0.39 is 0 Å². The molecule has 0 aliphatic carbocycles. The molecule has 2 heterocycles. The zero-order valence-electron chi connectivity index (χ0n) is 13.3. The van der Waals surface area contributed by atoms with Gasteiger partial charge in [-0.15, -0.1) is 0 Å². The molecular formula is C18H26N2O. The standard InChI is InChI=1S/C18H26N2O/c1-13(2)19-10-15-11-20(12-16-9-8-14(3)21-16)18-7-5-4-6-17(15)18/h4-7,11,13-14,16,19H,8-10,12H2,1-3H3. The summed E-state index contributed by atoms with van der Waals surface area (Å²) in [4.78, 5) is 0. The van der Waals surface area contributed by atoms with E-state index in [-0.39, 0.29) is 0 Å². The molecule has 0 bridgehead atoms. The van der Waals surface area contributed by atoms with E-state index in [2.05, 4.69) is 61.1 Å². The fourth-order valence-electron chi connectivity index (χ4n) is 3.17. The molecule has 1 fully saturated rings. The molecular weight excluding hydrogens is 260 g/mol. The van der Waals surface area contributed by atoms with Gasteiger partial charge in [-0.05, 0) is 31.4 Å². The van der Waals surface area contributed by atoms with Gasteiger partial charge in [0.25, 0.3) is 0 Å². The van der Waals surface area contributed by atoms with Gasteiger partial charge in [0.15, 0.2) is 0 Å². The monoisotopic (exact) mass is 286 g/mol. The Morgan fingerprint density at radius 3 is 2.81 bits per heavy atom. The van der Waals surface area contributed by atoms with Crippen LogP contribution in [0.2, 0.25) is 0 Å². The average Bonchev–Trinajstić information content (AvgIpc) is 3.02. The minimum absolute atomic E-state index is 0.363. The number of hydrogen-bond acceptors (Lipinski definition) is 2. The van der Waals surface area contributed by atoms with E-state index in [0.29, 0.717) is 18.2 Å². The van der Waals surface area contributed by atoms with Crippen LogP contribution in [0.25, 0.3) is 10.9 Å². The van der Waals surface area contributed by atoms with Crippen molar-refractivity contribution in [3.8, 4) is 0 Å². The molecule has 2 atom stereocenters. The summed E-state index contributed by atoms with van der Waals surface area (Å²) in [5.74, 6) is 0. The second kappa shape index (κ2) is 6.20. The number of aromatic nitrogens is 1. The fourth-order valence-corrected chi connectivity index (χ4v) is 3.17. The Kier molecular flexibility index (Phi) is 4.32. The Morgan fingerprint density at radius 1 is 1.29 bits per heavy atom. The molecule has 2 aromatic rings. The van der Waals surface area contributed by atoms with Gasteiger partial charge in [-0.25, -0.2) is 0 Å². The van der Waals surface area contributed by atoms with Gasteiger partial charge < -0.3 is 14.6 Å². The molecule has 114 valence electrons. The number of rotatable bonds is 5. The van der Waals surface area contributed by atoms with Gasteiger partial charge in [-0.3, -0.25) is 0 Å². The molecule has 1 aliphatic heterocycles. The molecule has 0 amide bonds. The Bertz CT molecular complexity index is 602. The van der Waals surface area contributed by atoms with Gasteiger partial charge in [0.1, 0.15) is 0 Å². The fraction of sp³-hybridized carbons (Fsp3) is 0.556. The van der Waals surface area contributed by atoms with E-state index in [1.165, 1.54) is 29.3 Å². The van der Waals surface area contributed by atoms with Crippen LogP contribution in [0.4, 0.5) is 0 Å². The Morgan fingerprint density at radius 2 is 2.10 bits per heavy atom. The third kappa shape index (κ3) is 3.30. The molecule has 0 saturated carbocycles. The largest absolute Gasteiger partial charge is 0.373 e. The number of hydrogen-bond donors (Lipinski definition) is 1. The van der Waals surface area contributed by atoms with Crippen LogP contribution in [0, 0.1) is 0 Å². The maximum absolute atomic E-state index is 5.99. The van der Waals surface area contributed by atoms with Crippen molar-refractivity contribution in [2.75, 3.05) is 0 Å². The summed E-state index contributed by atoms with van der Waals surface area (Å²) in [5, 5.41) is 4.88. The minimum atomic E-state index is 0.363. The van der Waals surface area contributed by atoms with Gasteiger partial charge >= 0.3 is 0 Å². The van der Waals surface area contributed by atoms with Crippen molar-refractivity contribution in [3.05, 3.63) is 36.0 Å². The molecule has 1 saturated heterocycles. The molecule has 0 spiro atoms. The van der Waals surface area contributed by atoms with Crippen LogP contribution >= 0.6 is 0 Å². The zero-order chi connectivity index (χ0) is 14.8. The van der Waals surface area contributed by atoms with Crippen molar-refractivity contribution in [1.29, 1.82) is 0 Å². The first-order valence-electron chi connectivity index (χ1n) is 8.09. The van der Waals surface area contributed by atoms with Crippen LogP contribution in [0.1, 0.15) is 39.2 Å². The van der Waals surface area contributed by atoms with Crippen molar-refractivity contribution in [1.82, 2.24) is 9.88 Å². The number of nitrogens with zero attached hydrogens (tertiary/aromatic N) is 1. The van der Waals surface area contributed by atoms with Crippen LogP contribution in [-0.2, 0) is 17.8 Å². The summed E-state index contributed by atoms with van der Waals surface area (Å²) < 4.78 is 8.36. The van der Waals surface area contributed by atoms with E-state index in [9.17, 15) is 0 Å². The second-order valence-corrected chi connectivity index (χ2v) is 6.51. The normalized spacial score (nSPS) is 22.5. The lowest BCUT2D eigenvalue weighted by Crippen LogP contribution is -2.21. The lowest BCUT2D eigenvalue weighted by molar-refractivity contribution is 0.0465. The third-order valence-electron chi connectivity index (χ3n) is 4.29. The summed E-state index contributed by atoms with van der Waals surface area (Å²) in [6.45, 7) is 8.44. The van der Waals surface area contributed by atoms with Crippen molar-refractivity contribution in [3.63, 3.8) is 0 Å². The van der Waals surface area contributed by atoms with Gasteiger partial charge in [0.2, 0.25) is 0 Å². The smallest absolute Gasteiger partial charge is 0.0758 e. The van der Waals surface area contributed by atoms with Crippen molar-refractivity contribution in [2.45, 2.75) is 65.0 Å². The first kappa shape index (κ1) is 14.6. The molecule has 1 aliphatic rings. The van der Waals surface area contributed by atoms with E-state index in [0.717, 1.165) is 13.1 Å². The maximum Gasteiger partial charge on any atom is 0.0758 e. The highest BCUT2D eigenvalue weighted by atomic mass is 16.5. The van der Waals surface area contributed by atoms with Crippen LogP contribution < -0.4 is 5.32 Å².